The van der Waals surface area contributed by atoms with Gasteiger partial charge in [0.2, 0.25) is 0 Å². The van der Waals surface area contributed by atoms with Crippen LogP contribution in [0.1, 0.15) is 70.0 Å². The number of methoxy groups -OCH3 is 1. The number of amides is 1. The van der Waals surface area contributed by atoms with E-state index < -0.39 is 88.8 Å². The lowest BCUT2D eigenvalue weighted by Gasteiger charge is -2.38. The van der Waals surface area contributed by atoms with Crippen LogP contribution in [0.2, 0.25) is 0 Å². The smallest absolute Gasteiger partial charge is 0.312 e. The summed E-state index contributed by atoms with van der Waals surface area (Å²) in [4.78, 5) is 39.9. The van der Waals surface area contributed by atoms with Crippen molar-refractivity contribution >= 4 is 40.3 Å². The van der Waals surface area contributed by atoms with Gasteiger partial charge in [-0.1, -0.05) is 45.9 Å². The van der Waals surface area contributed by atoms with Crippen LogP contribution in [0.5, 0.6) is 23.0 Å². The average Bonchev–Trinajstić information content (AvgIpc) is 3.39. The van der Waals surface area contributed by atoms with Gasteiger partial charge < -0.3 is 55.2 Å². The number of Topliss-reactive ketones (excluding diaryl/α,β-unsaturated/α-hetero) is 1. The Morgan fingerprint density at radius 1 is 0.981 bits per heavy atom. The number of hydrazone groups is 1. The molecule has 0 fully saturated rings. The van der Waals surface area contributed by atoms with Crippen molar-refractivity contribution < 1.29 is 58.9 Å². The third-order valence-electron chi connectivity index (χ3n) is 10.4. The molecule has 0 saturated heterocycles. The van der Waals surface area contributed by atoms with E-state index in [0.717, 1.165) is 6.21 Å². The lowest BCUT2D eigenvalue weighted by Crippen LogP contribution is -2.46. The molecule has 3 aliphatic heterocycles. The normalized spacial score (nSPS) is 29.6. The topological polar surface area (TPSA) is 226 Å². The number of ether oxygens (including phenoxy) is 4. The lowest BCUT2D eigenvalue weighted by molar-refractivity contribution is -0.160. The molecule has 0 radical (unpaired) electrons. The fourth-order valence-corrected chi connectivity index (χ4v) is 7.00. The SMILES string of the molecule is CNN=Cc1c2c(O)c3c(O)c(C)c4c(c3c1O)C(=O)[C@@](C)(OC=C[C@H](OC)[C@H](C)[C@H](OC(C)=O)[C@H](C)[C@H](O)[C@H](C)[C@H](O)[C@H](C)C=CC=C(C)C(=O)N2)O4. The number of fused-ring (bicyclic) bond motifs is 14. The molecule has 5 rings (SSSR count). The molecule has 7 N–H and O–H groups in total. The van der Waals surface area contributed by atoms with Crippen LogP contribution >= 0.6 is 0 Å². The molecular weight excluding hydrogens is 702 g/mol. The van der Waals surface area contributed by atoms with Crippen molar-refractivity contribution in [3.05, 3.63) is 52.8 Å². The Morgan fingerprint density at radius 2 is 1.65 bits per heavy atom. The van der Waals surface area contributed by atoms with Gasteiger partial charge in [0.15, 0.2) is 5.75 Å². The monoisotopic (exact) mass is 753 g/mol. The second kappa shape index (κ2) is 16.5. The van der Waals surface area contributed by atoms with E-state index in [2.05, 4.69) is 15.8 Å². The molecule has 0 aromatic heterocycles. The van der Waals surface area contributed by atoms with E-state index in [-0.39, 0.29) is 44.5 Å². The molecule has 0 saturated carbocycles. The van der Waals surface area contributed by atoms with Crippen LogP contribution in [-0.2, 0) is 23.8 Å². The number of rotatable bonds is 4. The summed E-state index contributed by atoms with van der Waals surface area (Å²) in [6.45, 7) is 12.4. The quantitative estimate of drug-likeness (QED) is 0.0761. The maximum absolute atomic E-state index is 14.2. The lowest BCUT2D eigenvalue weighted by atomic mass is 9.78. The summed E-state index contributed by atoms with van der Waals surface area (Å²) in [6.07, 6.45) is 4.62. The Kier molecular flexibility index (Phi) is 12.7. The number of phenols is 3. The van der Waals surface area contributed by atoms with Crippen molar-refractivity contribution in [3.63, 3.8) is 0 Å². The van der Waals surface area contributed by atoms with Crippen molar-refractivity contribution in [1.29, 1.82) is 0 Å². The van der Waals surface area contributed by atoms with Crippen LogP contribution in [0.15, 0.2) is 41.2 Å². The van der Waals surface area contributed by atoms with Crippen LogP contribution in [0.25, 0.3) is 10.8 Å². The Morgan fingerprint density at radius 3 is 2.26 bits per heavy atom. The molecule has 0 spiro atoms. The Balaban J connectivity index is 1.96. The van der Waals surface area contributed by atoms with E-state index in [9.17, 15) is 39.9 Å². The third-order valence-corrected chi connectivity index (χ3v) is 10.4. The van der Waals surface area contributed by atoms with Gasteiger partial charge in [-0.05, 0) is 19.9 Å². The highest BCUT2D eigenvalue weighted by atomic mass is 16.7. The number of benzene rings is 2. The number of aromatic hydroxyl groups is 3. The molecule has 294 valence electrons. The highest BCUT2D eigenvalue weighted by Crippen LogP contribution is 2.55. The first kappa shape index (κ1) is 41.6. The number of hydrogen-bond donors (Lipinski definition) is 7. The molecule has 54 heavy (non-hydrogen) atoms. The predicted molar refractivity (Wildman–Crippen MR) is 200 cm³/mol. The summed E-state index contributed by atoms with van der Waals surface area (Å²) in [5.41, 5.74) is 2.05. The third kappa shape index (κ3) is 7.74. The number of aliphatic hydroxyl groups excluding tert-OH is 2. The number of allylic oxidation sites excluding steroid dienone is 2. The number of anilines is 1. The van der Waals surface area contributed by atoms with Gasteiger partial charge in [-0.3, -0.25) is 14.4 Å². The zero-order valence-corrected chi connectivity index (χ0v) is 32.1. The number of esters is 1. The summed E-state index contributed by atoms with van der Waals surface area (Å²) in [6, 6.07) is 0. The molecule has 3 heterocycles. The van der Waals surface area contributed by atoms with Gasteiger partial charge in [0.05, 0.1) is 53.0 Å². The number of carbonyl (C=O) groups excluding carboxylic acids is 3. The van der Waals surface area contributed by atoms with Crippen molar-refractivity contribution in [2.24, 2.45) is 28.8 Å². The number of ketones is 1. The van der Waals surface area contributed by atoms with Crippen LogP contribution in [0.4, 0.5) is 5.69 Å². The van der Waals surface area contributed by atoms with E-state index in [1.54, 1.807) is 39.8 Å². The van der Waals surface area contributed by atoms with Gasteiger partial charge in [-0.25, -0.2) is 0 Å². The minimum absolute atomic E-state index is 0.0446. The van der Waals surface area contributed by atoms with Gasteiger partial charge in [-0.2, -0.15) is 5.10 Å². The van der Waals surface area contributed by atoms with Crippen molar-refractivity contribution in [2.45, 2.75) is 85.6 Å². The molecule has 2 aromatic carbocycles. The van der Waals surface area contributed by atoms with Gasteiger partial charge in [0, 0.05) is 68.2 Å². The molecule has 9 atom stereocenters. The van der Waals surface area contributed by atoms with Gasteiger partial charge in [0.25, 0.3) is 11.7 Å². The predicted octanol–water partition coefficient (Wildman–Crippen LogP) is 4.31. The van der Waals surface area contributed by atoms with Crippen LogP contribution in [0.3, 0.4) is 0 Å². The molecule has 5 bridgehead atoms. The second-order valence-electron chi connectivity index (χ2n) is 14.1. The minimum atomic E-state index is -2.04. The number of nitrogens with zero attached hydrogens (tertiary/aromatic N) is 1. The summed E-state index contributed by atoms with van der Waals surface area (Å²) < 4.78 is 23.4. The highest BCUT2D eigenvalue weighted by molar-refractivity contribution is 6.23. The number of hydrogen-bond acceptors (Lipinski definition) is 14. The molecular formula is C39H51N3O12. The summed E-state index contributed by atoms with van der Waals surface area (Å²) >= 11 is 0. The molecule has 3 aliphatic rings. The molecule has 2 aromatic rings. The first-order chi connectivity index (χ1) is 25.3. The van der Waals surface area contributed by atoms with E-state index in [1.165, 1.54) is 60.3 Å². The van der Waals surface area contributed by atoms with E-state index >= 15 is 0 Å². The van der Waals surface area contributed by atoms with Crippen molar-refractivity contribution in [1.82, 2.24) is 5.43 Å². The average molecular weight is 754 g/mol. The summed E-state index contributed by atoms with van der Waals surface area (Å²) in [7, 11) is 2.91. The van der Waals surface area contributed by atoms with Gasteiger partial charge in [0.1, 0.15) is 23.4 Å². The van der Waals surface area contributed by atoms with Gasteiger partial charge in [-0.15, -0.1) is 0 Å². The fourth-order valence-electron chi connectivity index (χ4n) is 7.00. The van der Waals surface area contributed by atoms with Crippen molar-refractivity contribution in [2.75, 3.05) is 19.5 Å². The first-order valence-corrected chi connectivity index (χ1v) is 17.6. The Labute approximate surface area is 313 Å². The maximum Gasteiger partial charge on any atom is 0.312 e. The molecule has 0 aliphatic carbocycles. The largest absolute Gasteiger partial charge is 0.507 e. The first-order valence-electron chi connectivity index (χ1n) is 17.6. The molecule has 1 amide bonds. The molecule has 15 nitrogen and oxygen atoms in total. The zero-order valence-electron chi connectivity index (χ0n) is 32.1. The summed E-state index contributed by atoms with van der Waals surface area (Å²) in [5, 5.41) is 63.4. The standard InChI is InChI=1S/C39H51N3O12/c1-17-12-11-13-18(2)38(50)42-29-24(16-41-40-9)33(47)26-27(34(29)48)32(46)22(6)36-28(26)37(49)39(8,54-36)52-15-14-25(51-10)19(3)35(53-23(7)43)21(5)31(45)20(4)30(17)44/h11-17,19-21,25,30-31,35,40,44-48H,1-10H3,(H,42,50)/t17-,19+,20-,21-,25+,30-,31-,35+,39+/m1/s1. The Hall–Kier alpha value is -5.12. The number of phenolic OH excluding ortho intramolecular Hbond substituents is 3. The number of nitrogens with one attached hydrogen (secondary N) is 2. The van der Waals surface area contributed by atoms with E-state index in [1.807, 2.05) is 0 Å². The molecule has 15 heteroatoms. The summed E-state index contributed by atoms with van der Waals surface area (Å²) in [5.74, 6) is -8.46. The van der Waals surface area contributed by atoms with Gasteiger partial charge >= 0.3 is 11.8 Å². The van der Waals surface area contributed by atoms with Crippen LogP contribution in [-0.4, -0.2) is 93.8 Å². The van der Waals surface area contributed by atoms with E-state index in [0.29, 0.717) is 0 Å². The highest BCUT2D eigenvalue weighted by Gasteiger charge is 2.50. The van der Waals surface area contributed by atoms with E-state index in [4.69, 9.17) is 18.9 Å². The zero-order chi connectivity index (χ0) is 40.4. The minimum Gasteiger partial charge on any atom is -0.507 e. The Bertz CT molecular complexity index is 1920. The number of carbonyl (C=O) groups is 3. The van der Waals surface area contributed by atoms with Crippen LogP contribution in [0, 0.1) is 30.6 Å². The molecule has 0 unspecified atom stereocenters. The van der Waals surface area contributed by atoms with Crippen LogP contribution < -0.4 is 15.5 Å². The second-order valence-corrected chi connectivity index (χ2v) is 14.1. The van der Waals surface area contributed by atoms with Crippen molar-refractivity contribution in [3.8, 4) is 23.0 Å². The maximum atomic E-state index is 14.2. The number of aliphatic hydroxyl groups is 2. The fraction of sp³-hybridized carbons (Fsp3) is 0.487.